The number of rotatable bonds is 4. The summed E-state index contributed by atoms with van der Waals surface area (Å²) in [4.78, 5) is 15.4. The van der Waals surface area contributed by atoms with E-state index in [0.717, 1.165) is 12.1 Å². The first-order valence-electron chi connectivity index (χ1n) is 5.84. The molecule has 0 spiro atoms. The average molecular weight is 363 g/mol. The van der Waals surface area contributed by atoms with Gasteiger partial charge in [-0.25, -0.2) is 9.67 Å². The van der Waals surface area contributed by atoms with Crippen LogP contribution in [0.25, 0.3) is 5.69 Å². The normalized spacial score (nSPS) is 11.4. The van der Waals surface area contributed by atoms with E-state index < -0.39 is 17.6 Å². The van der Waals surface area contributed by atoms with Gasteiger partial charge in [0.15, 0.2) is 0 Å². The van der Waals surface area contributed by atoms with Crippen molar-refractivity contribution in [1.82, 2.24) is 14.8 Å². The molecule has 5 nitrogen and oxygen atoms in total. The second-order valence-corrected chi connectivity index (χ2v) is 4.85. The van der Waals surface area contributed by atoms with Gasteiger partial charge in [-0.05, 0) is 18.2 Å². The number of carbonyl (C=O) groups excluding carboxylic acids is 1. The maximum atomic E-state index is 12.8. The Balaban J connectivity index is 2.43. The molecule has 1 amide bonds. The van der Waals surface area contributed by atoms with Crippen LogP contribution in [0.1, 0.15) is 12.0 Å². The minimum absolute atomic E-state index is 0.0290. The minimum Gasteiger partial charge on any atom is -0.324 e. The number of hydrogen-bond acceptors (Lipinski definition) is 3. The van der Waals surface area contributed by atoms with Crippen LogP contribution < -0.4 is 5.32 Å². The lowest BCUT2D eigenvalue weighted by atomic mass is 10.1. The van der Waals surface area contributed by atoms with Crippen molar-refractivity contribution in [2.24, 2.45) is 0 Å². The number of alkyl halides is 4. The van der Waals surface area contributed by atoms with Crippen LogP contribution in [0.5, 0.6) is 0 Å². The van der Waals surface area contributed by atoms with Crippen molar-refractivity contribution < 1.29 is 18.0 Å². The molecule has 21 heavy (non-hydrogen) atoms. The van der Waals surface area contributed by atoms with E-state index >= 15 is 0 Å². The molecular weight excluding hydrogens is 353 g/mol. The predicted octanol–water partition coefficient (Wildman–Crippen LogP) is 3.01. The van der Waals surface area contributed by atoms with Gasteiger partial charge in [0.05, 0.1) is 16.9 Å². The molecule has 1 aromatic heterocycles. The fraction of sp³-hybridized carbons (Fsp3) is 0.250. The molecule has 0 bridgehead atoms. The van der Waals surface area contributed by atoms with Crippen molar-refractivity contribution in [2.75, 3.05) is 10.6 Å². The zero-order valence-corrected chi connectivity index (χ0v) is 12.1. The van der Waals surface area contributed by atoms with Crippen molar-refractivity contribution in [1.29, 1.82) is 0 Å². The number of nitrogens with one attached hydrogen (secondary N) is 1. The highest BCUT2D eigenvalue weighted by Gasteiger charge is 2.31. The molecule has 1 aromatic carbocycles. The zero-order valence-electron chi connectivity index (χ0n) is 10.6. The van der Waals surface area contributed by atoms with Gasteiger partial charge in [0.1, 0.15) is 12.7 Å². The maximum absolute atomic E-state index is 12.8. The third kappa shape index (κ3) is 3.81. The second-order valence-electron chi connectivity index (χ2n) is 4.06. The van der Waals surface area contributed by atoms with Crippen LogP contribution in [-0.4, -0.2) is 26.0 Å². The maximum Gasteiger partial charge on any atom is 0.416 e. The van der Waals surface area contributed by atoms with Crippen LogP contribution >= 0.6 is 15.9 Å². The van der Waals surface area contributed by atoms with E-state index in [0.29, 0.717) is 11.0 Å². The Hall–Kier alpha value is -1.90. The molecule has 1 heterocycles. The average Bonchev–Trinajstić information content (AvgIpc) is 2.91. The van der Waals surface area contributed by atoms with Gasteiger partial charge in [0.2, 0.25) is 5.91 Å². The highest BCUT2D eigenvalue weighted by molar-refractivity contribution is 9.09. The van der Waals surface area contributed by atoms with Crippen molar-refractivity contribution in [3.05, 3.63) is 36.4 Å². The summed E-state index contributed by atoms with van der Waals surface area (Å²) in [5, 5.41) is 6.72. The Kier molecular flexibility index (Phi) is 4.61. The molecule has 2 rings (SSSR count). The van der Waals surface area contributed by atoms with Gasteiger partial charge in [-0.2, -0.15) is 18.3 Å². The van der Waals surface area contributed by atoms with E-state index in [9.17, 15) is 18.0 Å². The zero-order chi connectivity index (χ0) is 15.5. The molecule has 0 atom stereocenters. The van der Waals surface area contributed by atoms with Gasteiger partial charge in [0.25, 0.3) is 0 Å². The Bertz CT molecular complexity index is 628. The molecule has 0 fully saturated rings. The van der Waals surface area contributed by atoms with Crippen LogP contribution in [0.15, 0.2) is 30.9 Å². The van der Waals surface area contributed by atoms with Crippen LogP contribution in [0, 0.1) is 0 Å². The van der Waals surface area contributed by atoms with E-state index in [-0.39, 0.29) is 12.1 Å². The highest BCUT2D eigenvalue weighted by Crippen LogP contribution is 2.33. The number of anilines is 1. The second kappa shape index (κ2) is 6.25. The third-order valence-electron chi connectivity index (χ3n) is 2.59. The molecule has 9 heteroatoms. The monoisotopic (exact) mass is 362 g/mol. The van der Waals surface area contributed by atoms with Gasteiger partial charge in [-0.15, -0.1) is 0 Å². The number of carbonyl (C=O) groups is 1. The summed E-state index contributed by atoms with van der Waals surface area (Å²) in [6, 6.07) is 3.04. The molecule has 0 saturated heterocycles. The van der Waals surface area contributed by atoms with Crippen LogP contribution in [0.4, 0.5) is 18.9 Å². The van der Waals surface area contributed by atoms with Crippen LogP contribution in [-0.2, 0) is 11.0 Å². The van der Waals surface area contributed by atoms with Crippen molar-refractivity contribution >= 4 is 27.5 Å². The first kappa shape index (κ1) is 15.5. The summed E-state index contributed by atoms with van der Waals surface area (Å²) < 4.78 is 39.6. The van der Waals surface area contributed by atoms with E-state index in [1.165, 1.54) is 23.4 Å². The van der Waals surface area contributed by atoms with Crippen molar-refractivity contribution in [2.45, 2.75) is 12.6 Å². The predicted molar refractivity (Wildman–Crippen MR) is 73.4 cm³/mol. The summed E-state index contributed by atoms with van der Waals surface area (Å²) >= 11 is 3.10. The molecule has 0 radical (unpaired) electrons. The van der Waals surface area contributed by atoms with Crippen LogP contribution in [0.3, 0.4) is 0 Å². The van der Waals surface area contributed by atoms with Crippen molar-refractivity contribution in [3.63, 3.8) is 0 Å². The Morgan fingerprint density at radius 2 is 2.14 bits per heavy atom. The Labute approximate surface area is 126 Å². The topological polar surface area (TPSA) is 59.8 Å². The fourth-order valence-corrected chi connectivity index (χ4v) is 2.00. The molecule has 112 valence electrons. The first-order valence-corrected chi connectivity index (χ1v) is 6.96. The minimum atomic E-state index is -4.49. The molecule has 2 aromatic rings. The van der Waals surface area contributed by atoms with Gasteiger partial charge < -0.3 is 5.32 Å². The summed E-state index contributed by atoms with van der Waals surface area (Å²) in [7, 11) is 0. The summed E-state index contributed by atoms with van der Waals surface area (Å²) in [6.07, 6.45) is -1.76. The molecule has 0 aliphatic heterocycles. The van der Waals surface area contributed by atoms with E-state index in [1.807, 2.05) is 0 Å². The molecule has 0 saturated carbocycles. The van der Waals surface area contributed by atoms with Gasteiger partial charge in [-0.3, -0.25) is 4.79 Å². The third-order valence-corrected chi connectivity index (χ3v) is 2.98. The molecule has 1 N–H and O–H groups in total. The smallest absolute Gasteiger partial charge is 0.324 e. The lowest BCUT2D eigenvalue weighted by Crippen LogP contribution is -2.15. The first-order chi connectivity index (χ1) is 9.91. The standard InChI is InChI=1S/C12H10BrF3N4O/c13-4-3-11(21)19-9-5-8(12(14,15)16)1-2-10(9)20-7-17-6-18-20/h1-2,5-7H,3-4H2,(H,19,21). The quantitative estimate of drug-likeness (QED) is 0.850. The number of benzene rings is 1. The van der Waals surface area contributed by atoms with Crippen LogP contribution in [0.2, 0.25) is 0 Å². The largest absolute Gasteiger partial charge is 0.416 e. The van der Waals surface area contributed by atoms with Gasteiger partial charge in [-0.1, -0.05) is 15.9 Å². The van der Waals surface area contributed by atoms with E-state index in [2.05, 4.69) is 31.3 Å². The van der Waals surface area contributed by atoms with Gasteiger partial charge >= 0.3 is 6.18 Å². The molecule has 0 unspecified atom stereocenters. The summed E-state index contributed by atoms with van der Waals surface area (Å²) in [6.45, 7) is 0. The van der Waals surface area contributed by atoms with E-state index in [4.69, 9.17) is 0 Å². The Morgan fingerprint density at radius 3 is 2.71 bits per heavy atom. The highest BCUT2D eigenvalue weighted by atomic mass is 79.9. The number of amides is 1. The van der Waals surface area contributed by atoms with E-state index in [1.54, 1.807) is 0 Å². The summed E-state index contributed by atoms with van der Waals surface area (Å²) in [5.41, 5.74) is -0.509. The lowest BCUT2D eigenvalue weighted by molar-refractivity contribution is -0.137. The molecule has 0 aliphatic carbocycles. The SMILES string of the molecule is O=C(CCBr)Nc1cc(C(F)(F)F)ccc1-n1cncn1. The molecule has 0 aliphatic rings. The number of aromatic nitrogens is 3. The lowest BCUT2D eigenvalue weighted by Gasteiger charge is -2.14. The molecular formula is C12H10BrF3N4O. The number of hydrogen-bond donors (Lipinski definition) is 1. The summed E-state index contributed by atoms with van der Waals surface area (Å²) in [5.74, 6) is -0.396. The van der Waals surface area contributed by atoms with Crippen molar-refractivity contribution in [3.8, 4) is 5.69 Å². The van der Waals surface area contributed by atoms with Gasteiger partial charge in [0, 0.05) is 11.8 Å². The number of nitrogens with zero attached hydrogens (tertiary/aromatic N) is 3. The Morgan fingerprint density at radius 1 is 1.38 bits per heavy atom. The fourth-order valence-electron chi connectivity index (χ4n) is 1.64. The number of halogens is 4.